The zero-order valence-corrected chi connectivity index (χ0v) is 12.9. The van der Waals surface area contributed by atoms with Gasteiger partial charge in [-0.15, -0.1) is 0 Å². The Bertz CT molecular complexity index is 611. The SMILES string of the molecule is N[C@@H](CC1CCCC1)C(=O)c1c[nH]cc1Cc1ccccc1. The minimum Gasteiger partial charge on any atom is -0.367 e. The summed E-state index contributed by atoms with van der Waals surface area (Å²) in [5.41, 5.74) is 9.19. The van der Waals surface area contributed by atoms with Crippen molar-refractivity contribution in [1.82, 2.24) is 4.98 Å². The molecule has 0 radical (unpaired) electrons. The van der Waals surface area contributed by atoms with Gasteiger partial charge in [0.15, 0.2) is 5.78 Å². The van der Waals surface area contributed by atoms with Gasteiger partial charge in [0.05, 0.1) is 6.04 Å². The van der Waals surface area contributed by atoms with Crippen LogP contribution in [0.25, 0.3) is 0 Å². The third-order valence-corrected chi connectivity index (χ3v) is 4.73. The van der Waals surface area contributed by atoms with E-state index in [1.54, 1.807) is 6.20 Å². The van der Waals surface area contributed by atoms with Crippen LogP contribution in [0, 0.1) is 5.92 Å². The Hall–Kier alpha value is -1.87. The van der Waals surface area contributed by atoms with Gasteiger partial charge in [-0.3, -0.25) is 4.79 Å². The van der Waals surface area contributed by atoms with Crippen molar-refractivity contribution < 1.29 is 4.79 Å². The molecule has 1 aromatic carbocycles. The van der Waals surface area contributed by atoms with Crippen molar-refractivity contribution in [3.63, 3.8) is 0 Å². The molecule has 0 unspecified atom stereocenters. The predicted octanol–water partition coefficient (Wildman–Crippen LogP) is 3.70. The molecule has 3 nitrogen and oxygen atoms in total. The Labute approximate surface area is 131 Å². The van der Waals surface area contributed by atoms with Crippen LogP contribution in [-0.4, -0.2) is 16.8 Å². The number of carbonyl (C=O) groups excluding carboxylic acids is 1. The molecule has 1 aliphatic rings. The van der Waals surface area contributed by atoms with Crippen LogP contribution in [0.15, 0.2) is 42.7 Å². The molecule has 0 bridgehead atoms. The van der Waals surface area contributed by atoms with Crippen LogP contribution >= 0.6 is 0 Å². The standard InChI is InChI=1S/C19H24N2O/c20-18(11-15-8-4-5-9-15)19(22)17-13-21-12-16(17)10-14-6-2-1-3-7-14/h1-3,6-7,12-13,15,18,21H,4-5,8-11,20H2/t18-/m0/s1. The fraction of sp³-hybridized carbons (Fsp3) is 0.421. The van der Waals surface area contributed by atoms with Gasteiger partial charge >= 0.3 is 0 Å². The van der Waals surface area contributed by atoms with Crippen molar-refractivity contribution in [1.29, 1.82) is 0 Å². The normalized spacial score (nSPS) is 16.8. The molecule has 1 heterocycles. The maximum Gasteiger partial charge on any atom is 0.181 e. The quantitative estimate of drug-likeness (QED) is 0.799. The lowest BCUT2D eigenvalue weighted by Crippen LogP contribution is -2.32. The molecule has 3 heteroatoms. The monoisotopic (exact) mass is 296 g/mol. The average Bonchev–Trinajstić information content (AvgIpc) is 3.19. The summed E-state index contributed by atoms with van der Waals surface area (Å²) >= 11 is 0. The van der Waals surface area contributed by atoms with Crippen molar-refractivity contribution in [3.05, 3.63) is 59.4 Å². The Kier molecular flexibility index (Phi) is 4.74. The number of rotatable bonds is 6. The third-order valence-electron chi connectivity index (χ3n) is 4.73. The van der Waals surface area contributed by atoms with Crippen molar-refractivity contribution in [3.8, 4) is 0 Å². The number of H-pyrrole nitrogens is 1. The van der Waals surface area contributed by atoms with E-state index in [1.807, 2.05) is 24.4 Å². The highest BCUT2D eigenvalue weighted by Crippen LogP contribution is 2.29. The van der Waals surface area contributed by atoms with Gasteiger partial charge in [-0.25, -0.2) is 0 Å². The Morgan fingerprint density at radius 3 is 2.64 bits per heavy atom. The Morgan fingerprint density at radius 2 is 1.91 bits per heavy atom. The number of ketones is 1. The second kappa shape index (κ2) is 6.93. The van der Waals surface area contributed by atoms with Gasteiger partial charge < -0.3 is 10.7 Å². The predicted molar refractivity (Wildman–Crippen MR) is 88.9 cm³/mol. The van der Waals surface area contributed by atoms with Gasteiger partial charge in [0.25, 0.3) is 0 Å². The number of nitrogens with two attached hydrogens (primary N) is 1. The van der Waals surface area contributed by atoms with E-state index < -0.39 is 0 Å². The Balaban J connectivity index is 1.69. The number of Topliss-reactive ketones (excluding diaryl/α,β-unsaturated/α-hetero) is 1. The second-order valence-electron chi connectivity index (χ2n) is 6.41. The van der Waals surface area contributed by atoms with Gasteiger partial charge in [0, 0.05) is 18.0 Å². The number of hydrogen-bond donors (Lipinski definition) is 2. The molecule has 116 valence electrons. The molecule has 22 heavy (non-hydrogen) atoms. The fourth-order valence-corrected chi connectivity index (χ4v) is 3.50. The van der Waals surface area contributed by atoms with E-state index in [2.05, 4.69) is 17.1 Å². The van der Waals surface area contributed by atoms with Gasteiger partial charge in [0.1, 0.15) is 0 Å². The average molecular weight is 296 g/mol. The molecule has 0 aliphatic heterocycles. The fourth-order valence-electron chi connectivity index (χ4n) is 3.50. The van der Waals surface area contributed by atoms with Crippen molar-refractivity contribution in [2.24, 2.45) is 11.7 Å². The lowest BCUT2D eigenvalue weighted by molar-refractivity contribution is 0.0948. The van der Waals surface area contributed by atoms with Crippen molar-refractivity contribution in [2.45, 2.75) is 44.6 Å². The first-order valence-electron chi connectivity index (χ1n) is 8.23. The summed E-state index contributed by atoms with van der Waals surface area (Å²) in [7, 11) is 0. The summed E-state index contributed by atoms with van der Waals surface area (Å²) in [6.07, 6.45) is 10.3. The maximum absolute atomic E-state index is 12.7. The molecule has 3 rings (SSSR count). The molecule has 2 aromatic rings. The number of aromatic amines is 1. The number of benzene rings is 1. The largest absolute Gasteiger partial charge is 0.367 e. The highest BCUT2D eigenvalue weighted by molar-refractivity contribution is 6.01. The highest BCUT2D eigenvalue weighted by atomic mass is 16.1. The molecule has 0 amide bonds. The number of carbonyl (C=O) groups is 1. The van der Waals surface area contributed by atoms with E-state index in [0.717, 1.165) is 24.0 Å². The first-order chi connectivity index (χ1) is 10.7. The molecule has 3 N–H and O–H groups in total. The van der Waals surface area contributed by atoms with E-state index in [0.29, 0.717) is 5.92 Å². The number of hydrogen-bond acceptors (Lipinski definition) is 2. The molecule has 1 atom stereocenters. The first kappa shape index (κ1) is 15.0. The molecule has 0 spiro atoms. The summed E-state index contributed by atoms with van der Waals surface area (Å²) in [5.74, 6) is 0.717. The molecule has 1 aromatic heterocycles. The maximum atomic E-state index is 12.7. The lowest BCUT2D eigenvalue weighted by atomic mass is 9.92. The number of aromatic nitrogens is 1. The van der Waals surface area contributed by atoms with E-state index in [-0.39, 0.29) is 11.8 Å². The zero-order valence-electron chi connectivity index (χ0n) is 12.9. The van der Waals surface area contributed by atoms with Crippen LogP contribution in [0.2, 0.25) is 0 Å². The minimum absolute atomic E-state index is 0.0825. The summed E-state index contributed by atoms with van der Waals surface area (Å²) in [5, 5.41) is 0. The van der Waals surface area contributed by atoms with Crippen LogP contribution in [0.1, 0.15) is 53.6 Å². The van der Waals surface area contributed by atoms with Crippen LogP contribution in [-0.2, 0) is 6.42 Å². The topological polar surface area (TPSA) is 58.9 Å². The van der Waals surface area contributed by atoms with E-state index in [9.17, 15) is 4.79 Å². The Morgan fingerprint density at radius 1 is 1.18 bits per heavy atom. The first-order valence-corrected chi connectivity index (χ1v) is 8.23. The summed E-state index contributed by atoms with van der Waals surface area (Å²) in [6, 6.07) is 9.85. The minimum atomic E-state index is -0.367. The van der Waals surface area contributed by atoms with Crippen LogP contribution in [0.5, 0.6) is 0 Å². The van der Waals surface area contributed by atoms with Crippen molar-refractivity contribution in [2.75, 3.05) is 0 Å². The molecule has 0 saturated heterocycles. The van der Waals surface area contributed by atoms with E-state index in [1.165, 1.54) is 31.2 Å². The number of nitrogens with one attached hydrogen (secondary N) is 1. The third kappa shape index (κ3) is 3.47. The summed E-state index contributed by atoms with van der Waals surface area (Å²) < 4.78 is 0. The van der Waals surface area contributed by atoms with E-state index >= 15 is 0 Å². The summed E-state index contributed by atoms with van der Waals surface area (Å²) in [4.78, 5) is 15.7. The highest BCUT2D eigenvalue weighted by Gasteiger charge is 2.24. The van der Waals surface area contributed by atoms with Gasteiger partial charge in [-0.2, -0.15) is 0 Å². The van der Waals surface area contributed by atoms with Gasteiger partial charge in [-0.05, 0) is 29.9 Å². The van der Waals surface area contributed by atoms with Gasteiger partial charge in [-0.1, -0.05) is 56.0 Å². The zero-order chi connectivity index (χ0) is 15.4. The van der Waals surface area contributed by atoms with Crippen LogP contribution < -0.4 is 5.73 Å². The smallest absolute Gasteiger partial charge is 0.181 e. The van der Waals surface area contributed by atoms with Crippen LogP contribution in [0.4, 0.5) is 0 Å². The molecular formula is C19H24N2O. The van der Waals surface area contributed by atoms with E-state index in [4.69, 9.17) is 5.73 Å². The van der Waals surface area contributed by atoms with Crippen LogP contribution in [0.3, 0.4) is 0 Å². The summed E-state index contributed by atoms with van der Waals surface area (Å²) in [6.45, 7) is 0. The van der Waals surface area contributed by atoms with Crippen molar-refractivity contribution >= 4 is 5.78 Å². The molecular weight excluding hydrogens is 272 g/mol. The molecule has 1 fully saturated rings. The second-order valence-corrected chi connectivity index (χ2v) is 6.41. The van der Waals surface area contributed by atoms with Gasteiger partial charge in [0.2, 0.25) is 0 Å². The molecule has 1 saturated carbocycles. The lowest BCUT2D eigenvalue weighted by Gasteiger charge is -2.15. The molecule has 1 aliphatic carbocycles.